The highest BCUT2D eigenvalue weighted by Gasteiger charge is 2.42. The summed E-state index contributed by atoms with van der Waals surface area (Å²) in [6.07, 6.45) is -3.23. The van der Waals surface area contributed by atoms with E-state index in [1.165, 1.54) is 7.11 Å². The van der Waals surface area contributed by atoms with E-state index in [0.29, 0.717) is 18.8 Å². The second-order valence-electron chi connectivity index (χ2n) is 5.14. The van der Waals surface area contributed by atoms with E-state index in [4.69, 9.17) is 4.74 Å². The Balaban J connectivity index is 2.59. The maximum absolute atomic E-state index is 12.1. The minimum Gasteiger partial charge on any atom is -0.390 e. The van der Waals surface area contributed by atoms with Crippen molar-refractivity contribution in [3.05, 3.63) is 0 Å². The van der Waals surface area contributed by atoms with Gasteiger partial charge >= 0.3 is 6.18 Å². The summed E-state index contributed by atoms with van der Waals surface area (Å²) in [7, 11) is 1.48. The van der Waals surface area contributed by atoms with Crippen molar-refractivity contribution >= 4 is 0 Å². The molecule has 5 heteroatoms. The Kier molecular flexibility index (Phi) is 4.84. The molecule has 0 radical (unpaired) electrons. The molecule has 0 saturated heterocycles. The van der Waals surface area contributed by atoms with Crippen LogP contribution in [0.1, 0.15) is 45.4 Å². The average molecular weight is 254 g/mol. The maximum atomic E-state index is 12.1. The predicted molar refractivity (Wildman–Crippen MR) is 58.7 cm³/mol. The standard InChI is InChI=1S/C12H21F3O2/c1-9-4-3-6-11(8-9,17-2)10(16)5-7-12(13,14)15/h9-10,16H,3-8H2,1-2H3. The molecule has 102 valence electrons. The highest BCUT2D eigenvalue weighted by atomic mass is 19.4. The van der Waals surface area contributed by atoms with Crippen LogP contribution in [0.25, 0.3) is 0 Å². The van der Waals surface area contributed by atoms with Gasteiger partial charge in [-0.25, -0.2) is 0 Å². The number of aliphatic hydroxyl groups excluding tert-OH is 1. The molecule has 0 heterocycles. The van der Waals surface area contributed by atoms with Gasteiger partial charge in [0.2, 0.25) is 0 Å². The summed E-state index contributed by atoms with van der Waals surface area (Å²) in [5.41, 5.74) is -0.775. The molecular formula is C12H21F3O2. The molecule has 17 heavy (non-hydrogen) atoms. The van der Waals surface area contributed by atoms with Gasteiger partial charge in [-0.3, -0.25) is 0 Å². The summed E-state index contributed by atoms with van der Waals surface area (Å²) in [4.78, 5) is 0. The summed E-state index contributed by atoms with van der Waals surface area (Å²) in [5.74, 6) is 0.393. The molecule has 1 aliphatic carbocycles. The molecule has 0 aromatic heterocycles. The Bertz CT molecular complexity index is 242. The summed E-state index contributed by atoms with van der Waals surface area (Å²) in [6, 6.07) is 0. The third-order valence-electron chi connectivity index (χ3n) is 3.71. The zero-order valence-corrected chi connectivity index (χ0v) is 10.4. The zero-order chi connectivity index (χ0) is 13.1. The first kappa shape index (κ1) is 14.8. The van der Waals surface area contributed by atoms with Gasteiger partial charge in [0.05, 0.1) is 11.7 Å². The van der Waals surface area contributed by atoms with Crippen molar-refractivity contribution in [2.75, 3.05) is 7.11 Å². The van der Waals surface area contributed by atoms with Gasteiger partial charge in [-0.2, -0.15) is 13.2 Å². The monoisotopic (exact) mass is 254 g/mol. The molecule has 3 unspecified atom stereocenters. The summed E-state index contributed by atoms with van der Waals surface area (Å²) in [6.45, 7) is 2.05. The van der Waals surface area contributed by atoms with E-state index in [9.17, 15) is 18.3 Å². The van der Waals surface area contributed by atoms with Crippen molar-refractivity contribution in [1.29, 1.82) is 0 Å². The molecule has 0 aromatic rings. The number of aliphatic hydroxyl groups is 1. The van der Waals surface area contributed by atoms with Crippen molar-refractivity contribution in [3.8, 4) is 0 Å². The van der Waals surface area contributed by atoms with Gasteiger partial charge in [-0.05, 0) is 25.2 Å². The van der Waals surface area contributed by atoms with Crippen LogP contribution in [0.4, 0.5) is 13.2 Å². The molecule has 2 nitrogen and oxygen atoms in total. The molecule has 0 amide bonds. The SMILES string of the molecule is COC1(C(O)CCC(F)(F)F)CCCC(C)C1. The fraction of sp³-hybridized carbons (Fsp3) is 1.00. The van der Waals surface area contributed by atoms with Crippen LogP contribution in [0, 0.1) is 5.92 Å². The van der Waals surface area contributed by atoms with E-state index < -0.39 is 24.3 Å². The Hall–Kier alpha value is -0.290. The second kappa shape index (κ2) is 5.57. The first-order chi connectivity index (χ1) is 7.79. The molecule has 1 N–H and O–H groups in total. The second-order valence-corrected chi connectivity index (χ2v) is 5.14. The predicted octanol–water partition coefficient (Wildman–Crippen LogP) is 3.29. The lowest BCUT2D eigenvalue weighted by Gasteiger charge is -2.42. The molecule has 1 fully saturated rings. The van der Waals surface area contributed by atoms with Crippen LogP contribution in [-0.2, 0) is 4.74 Å². The largest absolute Gasteiger partial charge is 0.390 e. The van der Waals surface area contributed by atoms with Crippen LogP contribution < -0.4 is 0 Å². The van der Waals surface area contributed by atoms with Crippen LogP contribution in [0.15, 0.2) is 0 Å². The first-order valence-electron chi connectivity index (χ1n) is 6.09. The Morgan fingerprint density at radius 2 is 2.12 bits per heavy atom. The van der Waals surface area contributed by atoms with Gasteiger partial charge in [-0.1, -0.05) is 19.8 Å². The highest BCUT2D eigenvalue weighted by molar-refractivity contribution is 4.93. The van der Waals surface area contributed by atoms with Crippen LogP contribution in [0.2, 0.25) is 0 Å². The molecule has 0 aliphatic heterocycles. The molecule has 3 atom stereocenters. The Labute approximate surface area is 100 Å². The third-order valence-corrected chi connectivity index (χ3v) is 3.71. The smallest absolute Gasteiger partial charge is 0.389 e. The molecule has 1 saturated carbocycles. The van der Waals surface area contributed by atoms with E-state index in [1.807, 2.05) is 6.92 Å². The number of halogens is 3. The Morgan fingerprint density at radius 3 is 2.59 bits per heavy atom. The van der Waals surface area contributed by atoms with Gasteiger partial charge in [0.25, 0.3) is 0 Å². The molecule has 0 spiro atoms. The van der Waals surface area contributed by atoms with Crippen molar-refractivity contribution in [1.82, 2.24) is 0 Å². The van der Waals surface area contributed by atoms with Gasteiger partial charge in [0, 0.05) is 13.5 Å². The zero-order valence-electron chi connectivity index (χ0n) is 10.4. The molecule has 1 rings (SSSR count). The van der Waals surface area contributed by atoms with Gasteiger partial charge in [-0.15, -0.1) is 0 Å². The lowest BCUT2D eigenvalue weighted by atomic mass is 9.74. The number of rotatable bonds is 4. The van der Waals surface area contributed by atoms with E-state index in [-0.39, 0.29) is 6.42 Å². The van der Waals surface area contributed by atoms with Gasteiger partial charge in [0.1, 0.15) is 0 Å². The molecular weight excluding hydrogens is 233 g/mol. The van der Waals surface area contributed by atoms with Crippen molar-refractivity contribution < 1.29 is 23.0 Å². The summed E-state index contributed by atoms with van der Waals surface area (Å²) in [5, 5.41) is 9.98. The average Bonchev–Trinajstić information content (AvgIpc) is 2.24. The maximum Gasteiger partial charge on any atom is 0.389 e. The fourth-order valence-electron chi connectivity index (χ4n) is 2.73. The summed E-state index contributed by atoms with van der Waals surface area (Å²) < 4.78 is 41.8. The summed E-state index contributed by atoms with van der Waals surface area (Å²) >= 11 is 0. The van der Waals surface area contributed by atoms with Crippen molar-refractivity contribution in [2.24, 2.45) is 5.92 Å². The van der Waals surface area contributed by atoms with E-state index in [0.717, 1.165) is 12.8 Å². The van der Waals surface area contributed by atoms with E-state index in [2.05, 4.69) is 0 Å². The number of ether oxygens (including phenoxy) is 1. The molecule has 0 bridgehead atoms. The van der Waals surface area contributed by atoms with Gasteiger partial charge in [0.15, 0.2) is 0 Å². The molecule has 1 aliphatic rings. The van der Waals surface area contributed by atoms with E-state index >= 15 is 0 Å². The first-order valence-corrected chi connectivity index (χ1v) is 6.09. The lowest BCUT2D eigenvalue weighted by molar-refractivity contribution is -0.165. The number of alkyl halides is 3. The third kappa shape index (κ3) is 4.14. The minimum absolute atomic E-state index is 0.274. The normalized spacial score (nSPS) is 32.5. The molecule has 0 aromatic carbocycles. The van der Waals surface area contributed by atoms with Crippen molar-refractivity contribution in [2.45, 2.75) is 63.3 Å². The van der Waals surface area contributed by atoms with Gasteiger partial charge < -0.3 is 9.84 Å². The quantitative estimate of drug-likeness (QED) is 0.834. The van der Waals surface area contributed by atoms with Crippen LogP contribution in [0.3, 0.4) is 0 Å². The number of hydrogen-bond acceptors (Lipinski definition) is 2. The van der Waals surface area contributed by atoms with E-state index in [1.54, 1.807) is 0 Å². The number of hydrogen-bond donors (Lipinski definition) is 1. The van der Waals surface area contributed by atoms with Crippen LogP contribution in [-0.4, -0.2) is 30.1 Å². The van der Waals surface area contributed by atoms with Crippen LogP contribution >= 0.6 is 0 Å². The highest BCUT2D eigenvalue weighted by Crippen LogP contribution is 2.39. The van der Waals surface area contributed by atoms with Crippen molar-refractivity contribution in [3.63, 3.8) is 0 Å². The lowest BCUT2D eigenvalue weighted by Crippen LogP contribution is -2.47. The topological polar surface area (TPSA) is 29.5 Å². The Morgan fingerprint density at radius 1 is 1.47 bits per heavy atom. The fourth-order valence-corrected chi connectivity index (χ4v) is 2.73. The minimum atomic E-state index is -4.21. The van der Waals surface area contributed by atoms with Crippen LogP contribution in [0.5, 0.6) is 0 Å². The number of methoxy groups -OCH3 is 1.